The second kappa shape index (κ2) is 7.55. The van der Waals surface area contributed by atoms with E-state index < -0.39 is 48.1 Å². The zero-order valence-corrected chi connectivity index (χ0v) is 13.6. The van der Waals surface area contributed by atoms with E-state index in [1.54, 1.807) is 0 Å². The number of ether oxygens (including phenoxy) is 2. The maximum absolute atomic E-state index is 12.4. The number of carbonyl (C=O) groups excluding carboxylic acids is 3. The van der Waals surface area contributed by atoms with Crippen LogP contribution in [0, 0.1) is 0 Å². The molecule has 1 aliphatic heterocycles. The number of benzene rings is 2. The van der Waals surface area contributed by atoms with E-state index in [9.17, 15) is 31.9 Å². The first kappa shape index (κ1) is 19.1. The fourth-order valence-corrected chi connectivity index (χ4v) is 2.42. The van der Waals surface area contributed by atoms with Gasteiger partial charge in [0.25, 0.3) is 11.8 Å². The van der Waals surface area contributed by atoms with Crippen LogP contribution in [0.2, 0.25) is 0 Å². The molecule has 2 aromatic rings. The summed E-state index contributed by atoms with van der Waals surface area (Å²) in [5.74, 6) is -4.52. The van der Waals surface area contributed by atoms with Crippen molar-refractivity contribution in [2.24, 2.45) is 0 Å². The van der Waals surface area contributed by atoms with Crippen molar-refractivity contribution in [2.45, 2.75) is 13.2 Å². The summed E-state index contributed by atoms with van der Waals surface area (Å²) in [6, 6.07) is 7.89. The molecular weight excluding hydrogens is 390 g/mol. The molecule has 0 saturated heterocycles. The van der Waals surface area contributed by atoms with Crippen LogP contribution in [-0.2, 0) is 4.84 Å². The molecule has 11 heteroatoms. The van der Waals surface area contributed by atoms with Crippen LogP contribution in [0.25, 0.3) is 0 Å². The lowest BCUT2D eigenvalue weighted by Crippen LogP contribution is -2.32. The summed E-state index contributed by atoms with van der Waals surface area (Å²) in [7, 11) is 0. The Balaban J connectivity index is 1.86. The van der Waals surface area contributed by atoms with E-state index in [0.29, 0.717) is 6.07 Å². The number of imide groups is 1. The number of hydrogen-bond donors (Lipinski definition) is 0. The Labute approximate surface area is 154 Å². The Bertz CT molecular complexity index is 886. The Hall–Kier alpha value is -3.63. The Morgan fingerprint density at radius 3 is 1.71 bits per heavy atom. The molecule has 0 unspecified atom stereocenters. The van der Waals surface area contributed by atoms with E-state index in [1.807, 2.05) is 0 Å². The van der Waals surface area contributed by atoms with Crippen LogP contribution in [-0.4, -0.2) is 36.1 Å². The third kappa shape index (κ3) is 3.87. The van der Waals surface area contributed by atoms with Crippen molar-refractivity contribution in [2.75, 3.05) is 0 Å². The van der Waals surface area contributed by atoms with Crippen molar-refractivity contribution >= 4 is 17.8 Å². The number of fused-ring (bicyclic) bond motifs is 1. The van der Waals surface area contributed by atoms with E-state index in [2.05, 4.69) is 9.47 Å². The van der Waals surface area contributed by atoms with Crippen molar-refractivity contribution in [1.82, 2.24) is 5.06 Å². The Kier molecular flexibility index (Phi) is 5.16. The number of halogens is 4. The Morgan fingerprint density at radius 2 is 1.29 bits per heavy atom. The molecule has 1 heterocycles. The second-order valence-electron chi connectivity index (χ2n) is 5.28. The molecule has 146 valence electrons. The third-order valence-corrected chi connectivity index (χ3v) is 3.50. The fraction of sp³-hybridized carbons (Fsp3) is 0.118. The monoisotopic (exact) mass is 399 g/mol. The van der Waals surface area contributed by atoms with Crippen LogP contribution in [0.4, 0.5) is 17.6 Å². The van der Waals surface area contributed by atoms with Crippen LogP contribution < -0.4 is 9.47 Å². The van der Waals surface area contributed by atoms with Gasteiger partial charge in [-0.25, -0.2) is 4.79 Å². The number of rotatable bonds is 6. The van der Waals surface area contributed by atoms with E-state index in [-0.39, 0.29) is 16.2 Å². The van der Waals surface area contributed by atoms with Crippen LogP contribution in [0.3, 0.4) is 0 Å². The van der Waals surface area contributed by atoms with Gasteiger partial charge in [0.1, 0.15) is 11.5 Å². The molecule has 2 aromatic carbocycles. The van der Waals surface area contributed by atoms with Crippen molar-refractivity contribution in [3.05, 3.63) is 59.2 Å². The van der Waals surface area contributed by atoms with Gasteiger partial charge in [0.2, 0.25) is 0 Å². The van der Waals surface area contributed by atoms with Gasteiger partial charge in [-0.05, 0) is 24.3 Å². The summed E-state index contributed by atoms with van der Waals surface area (Å²) in [4.78, 5) is 41.4. The average molecular weight is 399 g/mol. The molecule has 0 N–H and O–H groups in total. The lowest BCUT2D eigenvalue weighted by Gasteiger charge is -2.14. The van der Waals surface area contributed by atoms with Gasteiger partial charge in [0, 0.05) is 6.07 Å². The zero-order chi connectivity index (χ0) is 20.4. The predicted molar refractivity (Wildman–Crippen MR) is 82.1 cm³/mol. The maximum atomic E-state index is 12.4. The van der Waals surface area contributed by atoms with E-state index in [4.69, 9.17) is 4.84 Å². The topological polar surface area (TPSA) is 82.1 Å². The van der Waals surface area contributed by atoms with Crippen LogP contribution in [0.1, 0.15) is 31.1 Å². The van der Waals surface area contributed by atoms with Gasteiger partial charge in [0.15, 0.2) is 0 Å². The Morgan fingerprint density at radius 1 is 0.821 bits per heavy atom. The summed E-state index contributed by atoms with van der Waals surface area (Å²) in [6.45, 7) is -6.61. The normalized spacial score (nSPS) is 13.1. The minimum atomic E-state index is -3.30. The van der Waals surface area contributed by atoms with Crippen LogP contribution >= 0.6 is 0 Å². The molecule has 0 saturated carbocycles. The highest BCUT2D eigenvalue weighted by molar-refractivity contribution is 6.21. The van der Waals surface area contributed by atoms with Gasteiger partial charge in [-0.1, -0.05) is 17.2 Å². The van der Waals surface area contributed by atoms with Crippen molar-refractivity contribution in [1.29, 1.82) is 0 Å². The molecule has 0 fully saturated rings. The summed E-state index contributed by atoms with van der Waals surface area (Å²) in [5.41, 5.74) is -0.570. The zero-order valence-electron chi connectivity index (χ0n) is 13.6. The van der Waals surface area contributed by atoms with Crippen molar-refractivity contribution in [3.8, 4) is 11.5 Å². The van der Waals surface area contributed by atoms with Gasteiger partial charge in [-0.2, -0.15) is 17.6 Å². The number of amides is 2. The molecule has 0 bridgehead atoms. The number of nitrogens with zero attached hydrogens (tertiary/aromatic N) is 1. The molecule has 2 amide bonds. The number of carbonyl (C=O) groups is 3. The molecule has 1 aliphatic rings. The largest absolute Gasteiger partial charge is 0.435 e. The van der Waals surface area contributed by atoms with E-state index in [0.717, 1.165) is 12.1 Å². The van der Waals surface area contributed by atoms with Crippen molar-refractivity contribution in [3.63, 3.8) is 0 Å². The lowest BCUT2D eigenvalue weighted by atomic mass is 10.1. The molecule has 3 rings (SSSR count). The standard InChI is InChI=1S/C17H9F4NO6/c18-16(19)26-9-5-8(6-10(7-9)27-17(20)21)15(25)28-22-13(23)11-3-1-2-4-12(11)14(22)24/h1-7,16-17H. The molecule has 0 spiro atoms. The first-order valence-corrected chi connectivity index (χ1v) is 7.51. The molecule has 28 heavy (non-hydrogen) atoms. The molecule has 0 aliphatic carbocycles. The molecular formula is C17H9F4NO6. The van der Waals surface area contributed by atoms with Gasteiger partial charge in [-0.15, -0.1) is 0 Å². The summed E-state index contributed by atoms with van der Waals surface area (Å²) in [6.07, 6.45) is 0. The highest BCUT2D eigenvalue weighted by atomic mass is 19.3. The predicted octanol–water partition coefficient (Wildman–Crippen LogP) is 3.26. The van der Waals surface area contributed by atoms with E-state index in [1.165, 1.54) is 24.3 Å². The lowest BCUT2D eigenvalue weighted by molar-refractivity contribution is -0.0596. The van der Waals surface area contributed by atoms with Gasteiger partial charge >= 0.3 is 19.2 Å². The molecule has 0 aromatic heterocycles. The molecule has 0 radical (unpaired) electrons. The minimum Gasteiger partial charge on any atom is -0.435 e. The molecule has 0 atom stereocenters. The van der Waals surface area contributed by atoms with Crippen molar-refractivity contribution < 1.29 is 46.3 Å². The van der Waals surface area contributed by atoms with Crippen LogP contribution in [0.5, 0.6) is 11.5 Å². The fourth-order valence-electron chi connectivity index (χ4n) is 2.42. The number of hydrogen-bond acceptors (Lipinski definition) is 6. The van der Waals surface area contributed by atoms with Gasteiger partial charge in [0.05, 0.1) is 16.7 Å². The van der Waals surface area contributed by atoms with Crippen LogP contribution in [0.15, 0.2) is 42.5 Å². The maximum Gasteiger partial charge on any atom is 0.387 e. The quantitative estimate of drug-likeness (QED) is 0.548. The molecule has 7 nitrogen and oxygen atoms in total. The third-order valence-electron chi connectivity index (χ3n) is 3.50. The first-order chi connectivity index (χ1) is 13.3. The minimum absolute atomic E-state index is 0.00296. The number of alkyl halides is 4. The highest BCUT2D eigenvalue weighted by Gasteiger charge is 2.39. The number of hydroxylamine groups is 2. The summed E-state index contributed by atoms with van der Waals surface area (Å²) < 4.78 is 57.8. The van der Waals surface area contributed by atoms with Gasteiger partial charge < -0.3 is 14.3 Å². The highest BCUT2D eigenvalue weighted by Crippen LogP contribution is 2.28. The summed E-state index contributed by atoms with van der Waals surface area (Å²) in [5, 5.41) is 0.182. The smallest absolute Gasteiger partial charge is 0.387 e. The first-order valence-electron chi connectivity index (χ1n) is 7.51. The summed E-state index contributed by atoms with van der Waals surface area (Å²) >= 11 is 0. The average Bonchev–Trinajstić information content (AvgIpc) is 2.85. The van der Waals surface area contributed by atoms with E-state index >= 15 is 0 Å². The van der Waals surface area contributed by atoms with Gasteiger partial charge in [-0.3, -0.25) is 9.59 Å². The SMILES string of the molecule is O=C(ON1C(=O)c2ccccc2C1=O)c1cc(OC(F)F)cc(OC(F)F)c1. The second-order valence-corrected chi connectivity index (χ2v) is 5.28.